The second-order valence-corrected chi connectivity index (χ2v) is 8.50. The van der Waals surface area contributed by atoms with Crippen molar-refractivity contribution in [1.29, 1.82) is 0 Å². The van der Waals surface area contributed by atoms with Gasteiger partial charge in [0.2, 0.25) is 5.76 Å². The SMILES string of the molecule is Cc1cccc(N2C(=O)c3oc4ccc(Br)cc4c(=O)c3C2c2cccc([N+](=O)[O-])c2)c1. The van der Waals surface area contributed by atoms with Gasteiger partial charge in [0.15, 0.2) is 5.43 Å². The summed E-state index contributed by atoms with van der Waals surface area (Å²) in [4.78, 5) is 39.5. The number of carbonyl (C=O) groups is 1. The van der Waals surface area contributed by atoms with E-state index in [1.807, 2.05) is 25.1 Å². The van der Waals surface area contributed by atoms with Crippen LogP contribution in [0, 0.1) is 17.0 Å². The Morgan fingerprint density at radius 2 is 1.81 bits per heavy atom. The molecule has 0 N–H and O–H groups in total. The van der Waals surface area contributed by atoms with Crippen molar-refractivity contribution in [3.05, 3.63) is 114 Å². The summed E-state index contributed by atoms with van der Waals surface area (Å²) < 4.78 is 6.62. The molecular weight excluding hydrogens is 476 g/mol. The zero-order valence-electron chi connectivity index (χ0n) is 16.7. The third-order valence-corrected chi connectivity index (χ3v) is 6.00. The molecule has 0 aliphatic carbocycles. The van der Waals surface area contributed by atoms with Gasteiger partial charge in [-0.3, -0.25) is 24.6 Å². The molecule has 0 saturated carbocycles. The molecular formula is C24H15BrN2O5. The van der Waals surface area contributed by atoms with Crippen molar-refractivity contribution in [1.82, 2.24) is 0 Å². The standard InChI is InChI=1S/C24H15BrN2O5/c1-13-4-2-6-16(10-13)26-21(14-5-3-7-17(11-14)27(30)31)20-22(28)18-12-15(25)8-9-19(18)32-23(20)24(26)29/h2-12,21H,1H3. The number of nitro groups is 1. The predicted octanol–water partition coefficient (Wildman–Crippen LogP) is 5.52. The van der Waals surface area contributed by atoms with Crippen LogP contribution in [0.25, 0.3) is 11.0 Å². The summed E-state index contributed by atoms with van der Waals surface area (Å²) in [6.45, 7) is 1.90. The van der Waals surface area contributed by atoms with Crippen molar-refractivity contribution in [3.8, 4) is 0 Å². The van der Waals surface area contributed by atoms with E-state index in [1.54, 1.807) is 36.4 Å². The molecule has 1 aliphatic heterocycles. The summed E-state index contributed by atoms with van der Waals surface area (Å²) in [6, 6.07) is 17.4. The summed E-state index contributed by atoms with van der Waals surface area (Å²) in [6.07, 6.45) is 0. The van der Waals surface area contributed by atoms with Crippen LogP contribution < -0.4 is 10.3 Å². The third-order valence-electron chi connectivity index (χ3n) is 5.51. The van der Waals surface area contributed by atoms with Crippen molar-refractivity contribution in [2.45, 2.75) is 13.0 Å². The average Bonchev–Trinajstić information content (AvgIpc) is 3.07. The lowest BCUT2D eigenvalue weighted by Crippen LogP contribution is -2.29. The van der Waals surface area contributed by atoms with Crippen LogP contribution in [-0.4, -0.2) is 10.8 Å². The van der Waals surface area contributed by atoms with Gasteiger partial charge in [-0.15, -0.1) is 0 Å². The molecule has 1 unspecified atom stereocenters. The van der Waals surface area contributed by atoms with Crippen molar-refractivity contribution < 1.29 is 14.1 Å². The molecule has 0 saturated heterocycles. The maximum atomic E-state index is 13.6. The molecule has 1 aliphatic rings. The molecule has 32 heavy (non-hydrogen) atoms. The van der Waals surface area contributed by atoms with Gasteiger partial charge in [-0.05, 0) is 48.4 Å². The smallest absolute Gasteiger partial charge is 0.295 e. The minimum absolute atomic E-state index is 0.0529. The minimum Gasteiger partial charge on any atom is -0.450 e. The Labute approximate surface area is 190 Å². The topological polar surface area (TPSA) is 93.7 Å². The van der Waals surface area contributed by atoms with Crippen LogP contribution in [0.5, 0.6) is 0 Å². The molecule has 1 amide bonds. The van der Waals surface area contributed by atoms with Crippen LogP contribution in [0.2, 0.25) is 0 Å². The van der Waals surface area contributed by atoms with E-state index in [0.717, 1.165) is 5.56 Å². The van der Waals surface area contributed by atoms with E-state index in [0.29, 0.717) is 26.7 Å². The van der Waals surface area contributed by atoms with E-state index in [2.05, 4.69) is 15.9 Å². The Morgan fingerprint density at radius 3 is 2.56 bits per heavy atom. The molecule has 0 bridgehead atoms. The summed E-state index contributed by atoms with van der Waals surface area (Å²) in [7, 11) is 0. The van der Waals surface area contributed by atoms with Crippen LogP contribution in [0.4, 0.5) is 11.4 Å². The van der Waals surface area contributed by atoms with Gasteiger partial charge >= 0.3 is 0 Å². The second kappa shape index (κ2) is 7.42. The lowest BCUT2D eigenvalue weighted by atomic mass is 9.97. The molecule has 0 fully saturated rings. The minimum atomic E-state index is -0.862. The number of carbonyl (C=O) groups excluding carboxylic acids is 1. The zero-order valence-corrected chi connectivity index (χ0v) is 18.3. The quantitative estimate of drug-likeness (QED) is 0.278. The number of fused-ring (bicyclic) bond motifs is 2. The van der Waals surface area contributed by atoms with E-state index in [-0.39, 0.29) is 22.4 Å². The van der Waals surface area contributed by atoms with Crippen molar-refractivity contribution in [3.63, 3.8) is 0 Å². The molecule has 7 nitrogen and oxygen atoms in total. The molecule has 3 aromatic carbocycles. The monoisotopic (exact) mass is 490 g/mol. The van der Waals surface area contributed by atoms with Crippen LogP contribution >= 0.6 is 15.9 Å². The molecule has 5 rings (SSSR count). The molecule has 0 spiro atoms. The Balaban J connectivity index is 1.83. The zero-order chi connectivity index (χ0) is 22.6. The van der Waals surface area contributed by atoms with Gasteiger partial charge in [-0.2, -0.15) is 0 Å². The lowest BCUT2D eigenvalue weighted by molar-refractivity contribution is -0.384. The number of benzene rings is 3. The Bertz CT molecular complexity index is 1490. The van der Waals surface area contributed by atoms with Gasteiger partial charge in [-0.25, -0.2) is 0 Å². The van der Waals surface area contributed by atoms with Gasteiger partial charge in [0.1, 0.15) is 5.58 Å². The molecule has 4 aromatic rings. The highest BCUT2D eigenvalue weighted by atomic mass is 79.9. The normalized spacial score (nSPS) is 15.2. The van der Waals surface area contributed by atoms with Crippen LogP contribution in [0.15, 0.2) is 80.4 Å². The first-order valence-electron chi connectivity index (χ1n) is 9.76. The Morgan fingerprint density at radius 1 is 1.03 bits per heavy atom. The highest BCUT2D eigenvalue weighted by Crippen LogP contribution is 2.42. The van der Waals surface area contributed by atoms with Gasteiger partial charge in [0.25, 0.3) is 11.6 Å². The van der Waals surface area contributed by atoms with E-state index in [4.69, 9.17) is 4.42 Å². The fraction of sp³-hybridized carbons (Fsp3) is 0.0833. The number of halogens is 1. The van der Waals surface area contributed by atoms with E-state index >= 15 is 0 Å². The fourth-order valence-corrected chi connectivity index (χ4v) is 4.47. The number of amides is 1. The molecule has 1 atom stereocenters. The first kappa shape index (κ1) is 20.1. The highest BCUT2D eigenvalue weighted by molar-refractivity contribution is 9.10. The van der Waals surface area contributed by atoms with Crippen LogP contribution in [-0.2, 0) is 0 Å². The van der Waals surface area contributed by atoms with Gasteiger partial charge in [0, 0.05) is 22.3 Å². The fourth-order valence-electron chi connectivity index (χ4n) is 4.11. The second-order valence-electron chi connectivity index (χ2n) is 7.58. The summed E-state index contributed by atoms with van der Waals surface area (Å²) >= 11 is 3.37. The van der Waals surface area contributed by atoms with Crippen molar-refractivity contribution in [2.75, 3.05) is 4.90 Å². The maximum absolute atomic E-state index is 13.6. The van der Waals surface area contributed by atoms with E-state index in [9.17, 15) is 19.7 Å². The predicted molar refractivity (Wildman–Crippen MR) is 123 cm³/mol. The Kier molecular flexibility index (Phi) is 4.67. The molecule has 2 heterocycles. The number of hydrogen-bond acceptors (Lipinski definition) is 5. The van der Waals surface area contributed by atoms with Crippen molar-refractivity contribution >= 4 is 44.2 Å². The molecule has 8 heteroatoms. The molecule has 0 radical (unpaired) electrons. The van der Waals surface area contributed by atoms with Crippen molar-refractivity contribution in [2.24, 2.45) is 0 Å². The van der Waals surface area contributed by atoms with E-state index in [1.165, 1.54) is 17.0 Å². The molecule has 158 valence electrons. The largest absolute Gasteiger partial charge is 0.450 e. The number of rotatable bonds is 3. The highest BCUT2D eigenvalue weighted by Gasteiger charge is 2.44. The van der Waals surface area contributed by atoms with Crippen LogP contribution in [0.1, 0.15) is 33.3 Å². The van der Waals surface area contributed by atoms with E-state index < -0.39 is 16.9 Å². The molecule has 1 aromatic heterocycles. The first-order chi connectivity index (χ1) is 15.3. The first-order valence-corrected chi connectivity index (χ1v) is 10.6. The average molecular weight is 491 g/mol. The van der Waals surface area contributed by atoms with Gasteiger partial charge < -0.3 is 4.42 Å². The number of hydrogen-bond donors (Lipinski definition) is 0. The summed E-state index contributed by atoms with van der Waals surface area (Å²) in [5.74, 6) is -0.521. The van der Waals surface area contributed by atoms with Gasteiger partial charge in [0.05, 0.1) is 21.9 Å². The third kappa shape index (κ3) is 3.11. The number of aryl methyl sites for hydroxylation is 1. The number of nitrogens with zero attached hydrogens (tertiary/aromatic N) is 2. The van der Waals surface area contributed by atoms with Crippen LogP contribution in [0.3, 0.4) is 0 Å². The summed E-state index contributed by atoms with van der Waals surface area (Å²) in [5, 5.41) is 11.7. The lowest BCUT2D eigenvalue weighted by Gasteiger charge is -2.25. The maximum Gasteiger partial charge on any atom is 0.295 e. The Hall–Kier alpha value is -3.78. The summed E-state index contributed by atoms with van der Waals surface area (Å²) in [5.41, 5.74) is 1.95. The number of anilines is 1. The van der Waals surface area contributed by atoms with Gasteiger partial charge in [-0.1, -0.05) is 40.2 Å². The number of nitro benzene ring substituents is 1. The number of non-ortho nitro benzene ring substituents is 1.